The maximum atomic E-state index is 15.5. The molecule has 1 N–H and O–H groups in total. The molecule has 1 saturated heterocycles. The van der Waals surface area contributed by atoms with E-state index in [0.717, 1.165) is 10.8 Å². The Hall–Kier alpha value is -4.05. The normalized spacial score (nSPS) is 21.7. The summed E-state index contributed by atoms with van der Waals surface area (Å²) in [7, 11) is 0. The van der Waals surface area contributed by atoms with Crippen molar-refractivity contribution in [3.8, 4) is 0 Å². The fourth-order valence-corrected chi connectivity index (χ4v) is 3.55. The second kappa shape index (κ2) is 9.84. The summed E-state index contributed by atoms with van der Waals surface area (Å²) in [5, 5.41) is 0. The second-order valence-electron chi connectivity index (χ2n) is 7.69. The summed E-state index contributed by atoms with van der Waals surface area (Å²) < 4.78 is 32.7. The minimum atomic E-state index is -1.99. The highest BCUT2D eigenvalue weighted by atomic mass is 19.1. The summed E-state index contributed by atoms with van der Waals surface area (Å²) in [6.45, 7) is 1.01. The molecular formula is C24H21FN2O7. The Labute approximate surface area is 192 Å². The van der Waals surface area contributed by atoms with Gasteiger partial charge >= 0.3 is 17.6 Å². The monoisotopic (exact) mass is 468 g/mol. The van der Waals surface area contributed by atoms with Crippen LogP contribution in [-0.4, -0.2) is 46.5 Å². The average molecular weight is 468 g/mol. The zero-order chi connectivity index (χ0) is 24.2. The van der Waals surface area contributed by atoms with E-state index in [0.29, 0.717) is 0 Å². The number of aromatic amines is 1. The SMILES string of the molecule is Cc1cn([C@@H]2O[C@@H](COC(=O)c3ccccc3)[C@H](OC(=O)c3ccccc3)[C@H]2F)c(=O)[nH]c1=O. The van der Waals surface area contributed by atoms with E-state index in [4.69, 9.17) is 14.2 Å². The fraction of sp³-hybridized carbons (Fsp3) is 0.250. The highest BCUT2D eigenvalue weighted by molar-refractivity contribution is 5.90. The molecule has 2 heterocycles. The van der Waals surface area contributed by atoms with E-state index in [1.165, 1.54) is 19.1 Å². The Bertz CT molecular complexity index is 1290. The van der Waals surface area contributed by atoms with Gasteiger partial charge in [0.1, 0.15) is 12.7 Å². The number of nitrogens with one attached hydrogen (secondary N) is 1. The zero-order valence-electron chi connectivity index (χ0n) is 18.1. The largest absolute Gasteiger partial charge is 0.459 e. The summed E-state index contributed by atoms with van der Waals surface area (Å²) in [5.41, 5.74) is -0.880. The van der Waals surface area contributed by atoms with Crippen molar-refractivity contribution in [2.45, 2.75) is 31.5 Å². The van der Waals surface area contributed by atoms with Gasteiger partial charge in [0.05, 0.1) is 11.1 Å². The van der Waals surface area contributed by atoms with Crippen LogP contribution in [0.4, 0.5) is 4.39 Å². The Balaban J connectivity index is 1.59. The molecule has 0 spiro atoms. The van der Waals surface area contributed by atoms with Crippen LogP contribution in [0.2, 0.25) is 0 Å². The first kappa shape index (κ1) is 23.1. The number of hydrogen-bond acceptors (Lipinski definition) is 7. The number of nitrogens with zero attached hydrogens (tertiary/aromatic N) is 1. The molecule has 1 aliphatic rings. The summed E-state index contributed by atoms with van der Waals surface area (Å²) in [6, 6.07) is 16.1. The van der Waals surface area contributed by atoms with E-state index in [2.05, 4.69) is 4.98 Å². The lowest BCUT2D eigenvalue weighted by Crippen LogP contribution is -2.38. The first-order valence-corrected chi connectivity index (χ1v) is 10.4. The van der Waals surface area contributed by atoms with Crippen LogP contribution in [0.3, 0.4) is 0 Å². The number of hydrogen-bond donors (Lipinski definition) is 1. The van der Waals surface area contributed by atoms with E-state index in [1.54, 1.807) is 48.5 Å². The lowest BCUT2D eigenvalue weighted by atomic mass is 10.1. The number of ether oxygens (including phenoxy) is 3. The predicted molar refractivity (Wildman–Crippen MR) is 117 cm³/mol. The third kappa shape index (κ3) is 4.81. The molecule has 1 fully saturated rings. The maximum Gasteiger partial charge on any atom is 0.338 e. The molecule has 0 amide bonds. The number of aryl methyl sites for hydroxylation is 1. The van der Waals surface area contributed by atoms with E-state index in [1.807, 2.05) is 0 Å². The molecule has 1 aliphatic heterocycles. The third-order valence-electron chi connectivity index (χ3n) is 5.33. The zero-order valence-corrected chi connectivity index (χ0v) is 18.1. The first-order valence-electron chi connectivity index (χ1n) is 10.4. The minimum absolute atomic E-state index is 0.159. The maximum absolute atomic E-state index is 15.5. The Morgan fingerprint density at radius 1 is 1.00 bits per heavy atom. The van der Waals surface area contributed by atoms with Gasteiger partial charge in [-0.25, -0.2) is 18.8 Å². The molecule has 0 saturated carbocycles. The number of halogens is 1. The van der Waals surface area contributed by atoms with Crippen molar-refractivity contribution >= 4 is 11.9 Å². The highest BCUT2D eigenvalue weighted by Gasteiger charge is 2.49. The Kier molecular flexibility index (Phi) is 6.69. The molecule has 0 aliphatic carbocycles. The van der Waals surface area contributed by atoms with Crippen molar-refractivity contribution < 1.29 is 28.2 Å². The van der Waals surface area contributed by atoms with Gasteiger partial charge in [0.15, 0.2) is 18.5 Å². The van der Waals surface area contributed by atoms with Gasteiger partial charge in [0.2, 0.25) is 0 Å². The van der Waals surface area contributed by atoms with Gasteiger partial charge in [-0.2, -0.15) is 0 Å². The molecule has 34 heavy (non-hydrogen) atoms. The number of carbonyl (C=O) groups excluding carboxylic acids is 2. The molecule has 0 radical (unpaired) electrons. The van der Waals surface area contributed by atoms with Crippen LogP contribution in [0, 0.1) is 6.92 Å². The van der Waals surface area contributed by atoms with Crippen molar-refractivity contribution in [2.75, 3.05) is 6.61 Å². The Morgan fingerprint density at radius 2 is 1.59 bits per heavy atom. The second-order valence-corrected chi connectivity index (χ2v) is 7.69. The number of esters is 2. The van der Waals surface area contributed by atoms with Crippen molar-refractivity contribution in [1.29, 1.82) is 0 Å². The lowest BCUT2D eigenvalue weighted by molar-refractivity contribution is -0.0592. The molecule has 0 bridgehead atoms. The van der Waals surface area contributed by atoms with Gasteiger partial charge in [0.25, 0.3) is 5.56 Å². The molecule has 9 nitrogen and oxygen atoms in total. The minimum Gasteiger partial charge on any atom is -0.459 e. The van der Waals surface area contributed by atoms with Crippen molar-refractivity contribution in [3.05, 3.63) is 104 Å². The molecule has 0 unspecified atom stereocenters. The van der Waals surface area contributed by atoms with E-state index >= 15 is 4.39 Å². The molecule has 1 aromatic heterocycles. The van der Waals surface area contributed by atoms with Crippen molar-refractivity contribution in [2.24, 2.45) is 0 Å². The van der Waals surface area contributed by atoms with Crippen LogP contribution in [0.25, 0.3) is 0 Å². The molecule has 176 valence electrons. The highest BCUT2D eigenvalue weighted by Crippen LogP contribution is 2.34. The van der Waals surface area contributed by atoms with Gasteiger partial charge in [-0.3, -0.25) is 14.3 Å². The van der Waals surface area contributed by atoms with E-state index < -0.39 is 54.4 Å². The number of rotatable bonds is 6. The molecule has 4 rings (SSSR count). The summed E-state index contributed by atoms with van der Waals surface area (Å²) >= 11 is 0. The van der Waals surface area contributed by atoms with Crippen LogP contribution in [0.5, 0.6) is 0 Å². The average Bonchev–Trinajstić information content (AvgIpc) is 3.15. The van der Waals surface area contributed by atoms with Gasteiger partial charge in [-0.1, -0.05) is 36.4 Å². The third-order valence-corrected chi connectivity index (χ3v) is 5.33. The van der Waals surface area contributed by atoms with Crippen LogP contribution >= 0.6 is 0 Å². The number of aromatic nitrogens is 2. The summed E-state index contributed by atoms with van der Waals surface area (Å²) in [4.78, 5) is 51.0. The number of alkyl halides is 1. The number of benzene rings is 2. The van der Waals surface area contributed by atoms with Crippen LogP contribution in [-0.2, 0) is 14.2 Å². The summed E-state index contributed by atoms with van der Waals surface area (Å²) in [5.74, 6) is -1.48. The Morgan fingerprint density at radius 3 is 2.21 bits per heavy atom. The lowest BCUT2D eigenvalue weighted by Gasteiger charge is -2.19. The molecule has 3 aromatic rings. The topological polar surface area (TPSA) is 117 Å². The molecular weight excluding hydrogens is 447 g/mol. The van der Waals surface area contributed by atoms with Gasteiger partial charge in [-0.15, -0.1) is 0 Å². The van der Waals surface area contributed by atoms with Gasteiger partial charge < -0.3 is 14.2 Å². The standard InChI is InChI=1S/C24H21FN2O7/c1-14-12-27(24(31)26-20(14)28)21-18(25)19(34-23(30)16-10-6-3-7-11-16)17(33-21)13-32-22(29)15-8-4-2-5-9-15/h2-12,17-19,21H,13H2,1H3,(H,26,28,31)/t17-,18+,19-,21+/m0/s1. The van der Waals surface area contributed by atoms with E-state index in [9.17, 15) is 19.2 Å². The first-order chi connectivity index (χ1) is 16.3. The van der Waals surface area contributed by atoms with Gasteiger partial charge in [0, 0.05) is 11.8 Å². The summed E-state index contributed by atoms with van der Waals surface area (Å²) in [6.07, 6.45) is -5.04. The fourth-order valence-electron chi connectivity index (χ4n) is 3.55. The molecule has 2 aromatic carbocycles. The van der Waals surface area contributed by atoms with Crippen LogP contribution in [0.1, 0.15) is 32.5 Å². The number of H-pyrrole nitrogens is 1. The predicted octanol–water partition coefficient (Wildman–Crippen LogP) is 2.16. The molecule has 4 atom stereocenters. The smallest absolute Gasteiger partial charge is 0.338 e. The van der Waals surface area contributed by atoms with Crippen molar-refractivity contribution in [3.63, 3.8) is 0 Å². The van der Waals surface area contributed by atoms with Crippen molar-refractivity contribution in [1.82, 2.24) is 9.55 Å². The van der Waals surface area contributed by atoms with Crippen LogP contribution in [0.15, 0.2) is 76.4 Å². The van der Waals surface area contributed by atoms with Crippen LogP contribution < -0.4 is 11.2 Å². The quantitative estimate of drug-likeness (QED) is 0.551. The number of carbonyl (C=O) groups is 2. The van der Waals surface area contributed by atoms with E-state index in [-0.39, 0.29) is 16.7 Å². The van der Waals surface area contributed by atoms with Gasteiger partial charge in [-0.05, 0) is 31.2 Å². The molecule has 10 heteroatoms.